The molecule has 1 nitrogen and oxygen atoms in total. The van der Waals surface area contributed by atoms with Crippen LogP contribution in [0, 0.1) is 5.41 Å². The van der Waals surface area contributed by atoms with Gasteiger partial charge in [0.05, 0.1) is 5.41 Å². The summed E-state index contributed by atoms with van der Waals surface area (Å²) in [5.41, 5.74) is -0.633. The average molecular weight is 147 g/mol. The largest absolute Gasteiger partial charge is 0.313 e. The Balaban J connectivity index is 2.09. The maximum absolute atomic E-state index is 12.6. The molecule has 1 heterocycles. The lowest BCUT2D eigenvalue weighted by molar-refractivity contribution is 0.0698. The summed E-state index contributed by atoms with van der Waals surface area (Å²) < 4.78 is 25.3. The minimum atomic E-state index is -2.36. The van der Waals surface area contributed by atoms with Crippen LogP contribution in [0.2, 0.25) is 0 Å². The Morgan fingerprint density at radius 1 is 1.50 bits per heavy atom. The summed E-state index contributed by atoms with van der Waals surface area (Å²) in [6.45, 7) is 2.48. The van der Waals surface area contributed by atoms with Crippen molar-refractivity contribution in [3.05, 3.63) is 0 Å². The van der Waals surface area contributed by atoms with Crippen LogP contribution in [0.4, 0.5) is 8.78 Å². The van der Waals surface area contributed by atoms with Gasteiger partial charge in [-0.3, -0.25) is 0 Å². The molecule has 2 rings (SSSR count). The van der Waals surface area contributed by atoms with Crippen molar-refractivity contribution in [3.63, 3.8) is 0 Å². The van der Waals surface area contributed by atoms with Crippen LogP contribution >= 0.6 is 0 Å². The molecule has 1 saturated carbocycles. The molecule has 58 valence electrons. The van der Waals surface area contributed by atoms with E-state index in [0.29, 0.717) is 13.0 Å². The molecule has 0 aromatic heterocycles. The zero-order valence-corrected chi connectivity index (χ0v) is 5.95. The molecular weight excluding hydrogens is 136 g/mol. The van der Waals surface area contributed by atoms with E-state index in [9.17, 15) is 8.78 Å². The average Bonchev–Trinajstić information content (AvgIpc) is 2.20. The number of alkyl halides is 2. The van der Waals surface area contributed by atoms with Gasteiger partial charge in [-0.1, -0.05) is 0 Å². The zero-order chi connectivity index (χ0) is 7.41. The van der Waals surface area contributed by atoms with Gasteiger partial charge in [-0.25, -0.2) is 8.78 Å². The highest BCUT2D eigenvalue weighted by Gasteiger charge is 2.72. The number of hydrogen-bond donors (Lipinski definition) is 1. The summed E-state index contributed by atoms with van der Waals surface area (Å²) in [5.74, 6) is -2.36. The van der Waals surface area contributed by atoms with Gasteiger partial charge in [0.15, 0.2) is 0 Å². The van der Waals surface area contributed by atoms with Crippen molar-refractivity contribution in [1.29, 1.82) is 0 Å². The molecule has 1 aliphatic carbocycles. The van der Waals surface area contributed by atoms with Crippen LogP contribution in [-0.4, -0.2) is 18.5 Å². The lowest BCUT2D eigenvalue weighted by Gasteiger charge is -2.03. The smallest absolute Gasteiger partial charge is 0.255 e. The number of hydrogen-bond acceptors (Lipinski definition) is 1. The van der Waals surface area contributed by atoms with Gasteiger partial charge in [0.2, 0.25) is 0 Å². The predicted molar refractivity (Wildman–Crippen MR) is 34.1 cm³/mol. The van der Waals surface area contributed by atoms with E-state index in [4.69, 9.17) is 0 Å². The molecule has 1 aliphatic heterocycles. The second kappa shape index (κ2) is 1.52. The van der Waals surface area contributed by atoms with E-state index >= 15 is 0 Å². The maximum atomic E-state index is 12.6. The Morgan fingerprint density at radius 3 is 2.30 bits per heavy atom. The van der Waals surface area contributed by atoms with Gasteiger partial charge in [0, 0.05) is 19.0 Å². The summed E-state index contributed by atoms with van der Waals surface area (Å²) in [6, 6.07) is 0.286. The molecule has 0 aromatic rings. The van der Waals surface area contributed by atoms with Crippen molar-refractivity contribution in [1.82, 2.24) is 5.32 Å². The van der Waals surface area contributed by atoms with E-state index < -0.39 is 11.3 Å². The van der Waals surface area contributed by atoms with Crippen LogP contribution in [0.1, 0.15) is 19.8 Å². The van der Waals surface area contributed by atoms with Gasteiger partial charge in [-0.2, -0.15) is 0 Å². The summed E-state index contributed by atoms with van der Waals surface area (Å²) in [6.07, 6.45) is 0.761. The summed E-state index contributed by atoms with van der Waals surface area (Å²) in [7, 11) is 0. The Bertz CT molecular complexity index is 169. The van der Waals surface area contributed by atoms with Crippen LogP contribution < -0.4 is 5.32 Å². The summed E-state index contributed by atoms with van der Waals surface area (Å²) >= 11 is 0. The van der Waals surface area contributed by atoms with E-state index in [2.05, 4.69) is 5.32 Å². The third-order valence-electron chi connectivity index (χ3n) is 2.70. The molecular formula is C7H11F2N. The highest BCUT2D eigenvalue weighted by atomic mass is 19.3. The monoisotopic (exact) mass is 147 g/mol. The number of nitrogens with one attached hydrogen (secondary N) is 1. The molecule has 0 unspecified atom stereocenters. The van der Waals surface area contributed by atoms with Gasteiger partial charge in [0.1, 0.15) is 0 Å². The van der Waals surface area contributed by atoms with Crippen molar-refractivity contribution in [2.45, 2.75) is 31.7 Å². The second-order valence-corrected chi connectivity index (χ2v) is 3.65. The Labute approximate surface area is 58.8 Å². The molecule has 1 saturated heterocycles. The highest BCUT2D eigenvalue weighted by molar-refractivity contribution is 5.15. The third-order valence-corrected chi connectivity index (χ3v) is 2.70. The van der Waals surface area contributed by atoms with Gasteiger partial charge < -0.3 is 5.32 Å². The van der Waals surface area contributed by atoms with E-state index in [1.54, 1.807) is 0 Å². The van der Waals surface area contributed by atoms with Crippen LogP contribution in [0.25, 0.3) is 0 Å². The van der Waals surface area contributed by atoms with Crippen molar-refractivity contribution in [2.75, 3.05) is 6.54 Å². The molecule has 1 spiro atoms. The SMILES string of the molecule is C[C@@H]1C[C@]2(CN1)CC2(F)F. The quantitative estimate of drug-likeness (QED) is 0.546. The van der Waals surface area contributed by atoms with E-state index in [0.717, 1.165) is 0 Å². The Morgan fingerprint density at radius 2 is 2.10 bits per heavy atom. The molecule has 3 heteroatoms. The fourth-order valence-corrected chi connectivity index (χ4v) is 1.89. The minimum absolute atomic E-state index is 0.108. The first-order valence-corrected chi connectivity index (χ1v) is 3.67. The molecule has 10 heavy (non-hydrogen) atoms. The first kappa shape index (κ1) is 6.53. The van der Waals surface area contributed by atoms with Gasteiger partial charge >= 0.3 is 0 Å². The van der Waals surface area contributed by atoms with Gasteiger partial charge in [0.25, 0.3) is 5.92 Å². The first-order chi connectivity index (χ1) is 4.56. The van der Waals surface area contributed by atoms with Crippen molar-refractivity contribution >= 4 is 0 Å². The normalized spacial score (nSPS) is 50.1. The predicted octanol–water partition coefficient (Wildman–Crippen LogP) is 1.39. The highest BCUT2D eigenvalue weighted by Crippen LogP contribution is 2.64. The molecule has 1 N–H and O–H groups in total. The molecule has 0 radical (unpaired) electrons. The number of rotatable bonds is 0. The minimum Gasteiger partial charge on any atom is -0.313 e. The fraction of sp³-hybridized carbons (Fsp3) is 1.00. The van der Waals surface area contributed by atoms with Crippen LogP contribution in [0.3, 0.4) is 0 Å². The molecule has 2 aliphatic rings. The molecule has 0 amide bonds. The third kappa shape index (κ3) is 0.641. The van der Waals surface area contributed by atoms with Gasteiger partial charge in [-0.05, 0) is 13.3 Å². The fourth-order valence-electron chi connectivity index (χ4n) is 1.89. The van der Waals surface area contributed by atoms with E-state index in [1.165, 1.54) is 0 Å². The van der Waals surface area contributed by atoms with Crippen molar-refractivity contribution < 1.29 is 8.78 Å². The second-order valence-electron chi connectivity index (χ2n) is 3.65. The van der Waals surface area contributed by atoms with Crippen molar-refractivity contribution in [2.24, 2.45) is 5.41 Å². The van der Waals surface area contributed by atoms with E-state index in [1.807, 2.05) is 6.92 Å². The number of halogens is 2. The zero-order valence-electron chi connectivity index (χ0n) is 5.95. The molecule has 0 aromatic carbocycles. The van der Waals surface area contributed by atoms with Crippen LogP contribution in [0.15, 0.2) is 0 Å². The molecule has 2 fully saturated rings. The van der Waals surface area contributed by atoms with Crippen LogP contribution in [-0.2, 0) is 0 Å². The Kier molecular flexibility index (Phi) is 0.994. The molecule has 0 bridgehead atoms. The lowest BCUT2D eigenvalue weighted by atomic mass is 10.0. The first-order valence-electron chi connectivity index (χ1n) is 3.67. The molecule has 2 atom stereocenters. The summed E-state index contributed by atoms with van der Waals surface area (Å²) in [5, 5.41) is 3.05. The standard InChI is InChI=1S/C7H11F2N/c1-5-2-6(4-10-5)3-7(6,8)9/h5,10H,2-4H2,1H3/t5-,6-/m1/s1. The van der Waals surface area contributed by atoms with E-state index in [-0.39, 0.29) is 12.5 Å². The topological polar surface area (TPSA) is 12.0 Å². The lowest BCUT2D eigenvalue weighted by Crippen LogP contribution is -2.18. The van der Waals surface area contributed by atoms with Crippen molar-refractivity contribution in [3.8, 4) is 0 Å². The van der Waals surface area contributed by atoms with Gasteiger partial charge in [-0.15, -0.1) is 0 Å². The Hall–Kier alpha value is -0.180. The van der Waals surface area contributed by atoms with Crippen LogP contribution in [0.5, 0.6) is 0 Å². The summed E-state index contributed by atoms with van der Waals surface area (Å²) in [4.78, 5) is 0. The maximum Gasteiger partial charge on any atom is 0.255 e.